The van der Waals surface area contributed by atoms with E-state index in [9.17, 15) is 8.42 Å². The van der Waals surface area contributed by atoms with Crippen molar-refractivity contribution in [3.63, 3.8) is 0 Å². The van der Waals surface area contributed by atoms with Crippen molar-refractivity contribution in [2.45, 2.75) is 30.2 Å². The highest BCUT2D eigenvalue weighted by Crippen LogP contribution is 2.25. The summed E-state index contributed by atoms with van der Waals surface area (Å²) in [4.78, 5) is 2.70. The molecule has 0 bridgehead atoms. The van der Waals surface area contributed by atoms with E-state index in [1.807, 2.05) is 24.3 Å². The van der Waals surface area contributed by atoms with Crippen LogP contribution >= 0.6 is 11.6 Å². The minimum atomic E-state index is -3.22. The topological polar surface area (TPSA) is 37.4 Å². The summed E-state index contributed by atoms with van der Waals surface area (Å²) in [6, 6.07) is 17.0. The van der Waals surface area contributed by atoms with Crippen molar-refractivity contribution >= 4 is 21.4 Å². The van der Waals surface area contributed by atoms with Crippen molar-refractivity contribution in [2.75, 3.05) is 18.8 Å². The van der Waals surface area contributed by atoms with E-state index >= 15 is 0 Å². The number of benzene rings is 2. The third-order valence-corrected chi connectivity index (χ3v) is 6.74. The van der Waals surface area contributed by atoms with Crippen LogP contribution in [0.2, 0.25) is 5.02 Å². The lowest BCUT2D eigenvalue weighted by atomic mass is 10.0. The van der Waals surface area contributed by atoms with E-state index in [1.165, 1.54) is 0 Å². The second kappa shape index (κ2) is 7.68. The standard InChI is InChI=1S/C19H22ClNO2S/c20-19-11-5-4-7-16(19)15-17-8-6-12-21(17)13-14-24(22,23)18-9-2-1-3-10-18/h1-5,7,9-11,17H,6,8,12-15H2/t17-/m0/s1. The number of sulfone groups is 1. The molecule has 24 heavy (non-hydrogen) atoms. The van der Waals surface area contributed by atoms with Crippen LogP contribution in [0.25, 0.3) is 0 Å². The van der Waals surface area contributed by atoms with E-state index in [0.29, 0.717) is 17.5 Å². The molecule has 0 aromatic heterocycles. The van der Waals surface area contributed by atoms with Gasteiger partial charge >= 0.3 is 0 Å². The van der Waals surface area contributed by atoms with Crippen LogP contribution in [0.1, 0.15) is 18.4 Å². The summed E-state index contributed by atoms with van der Waals surface area (Å²) in [5, 5.41) is 0.793. The molecule has 5 heteroatoms. The van der Waals surface area contributed by atoms with Gasteiger partial charge in [-0.1, -0.05) is 48.0 Å². The number of halogens is 1. The van der Waals surface area contributed by atoms with Gasteiger partial charge < -0.3 is 0 Å². The van der Waals surface area contributed by atoms with Crippen LogP contribution in [-0.2, 0) is 16.3 Å². The second-order valence-electron chi connectivity index (χ2n) is 6.26. The van der Waals surface area contributed by atoms with E-state index in [1.54, 1.807) is 24.3 Å². The molecule has 1 aliphatic rings. The van der Waals surface area contributed by atoms with Gasteiger partial charge in [-0.05, 0) is 49.6 Å². The lowest BCUT2D eigenvalue weighted by molar-refractivity contribution is 0.267. The highest BCUT2D eigenvalue weighted by Gasteiger charge is 2.26. The Morgan fingerprint density at radius 2 is 1.75 bits per heavy atom. The maximum atomic E-state index is 12.5. The van der Waals surface area contributed by atoms with E-state index in [2.05, 4.69) is 11.0 Å². The molecule has 1 aliphatic heterocycles. The molecule has 0 radical (unpaired) electrons. The zero-order valence-corrected chi connectivity index (χ0v) is 15.1. The van der Waals surface area contributed by atoms with Crippen LogP contribution in [0.15, 0.2) is 59.5 Å². The van der Waals surface area contributed by atoms with Gasteiger partial charge in [0.25, 0.3) is 0 Å². The zero-order valence-electron chi connectivity index (χ0n) is 13.6. The maximum Gasteiger partial charge on any atom is 0.179 e. The van der Waals surface area contributed by atoms with Crippen molar-refractivity contribution in [2.24, 2.45) is 0 Å². The third kappa shape index (κ3) is 4.18. The van der Waals surface area contributed by atoms with Crippen molar-refractivity contribution in [1.29, 1.82) is 0 Å². The van der Waals surface area contributed by atoms with Gasteiger partial charge in [-0.3, -0.25) is 4.90 Å². The van der Waals surface area contributed by atoms with E-state index in [0.717, 1.165) is 36.4 Å². The van der Waals surface area contributed by atoms with Gasteiger partial charge in [0.1, 0.15) is 0 Å². The van der Waals surface area contributed by atoms with Crippen LogP contribution in [0.3, 0.4) is 0 Å². The maximum absolute atomic E-state index is 12.5. The summed E-state index contributed by atoms with van der Waals surface area (Å²) in [6.07, 6.45) is 3.09. The summed E-state index contributed by atoms with van der Waals surface area (Å²) in [6.45, 7) is 1.53. The Morgan fingerprint density at radius 3 is 2.50 bits per heavy atom. The molecule has 128 valence electrons. The first-order chi connectivity index (χ1) is 11.6. The van der Waals surface area contributed by atoms with E-state index in [-0.39, 0.29) is 5.75 Å². The summed E-state index contributed by atoms with van der Waals surface area (Å²) in [5.74, 6) is 0.163. The average molecular weight is 364 g/mol. The van der Waals surface area contributed by atoms with Crippen LogP contribution in [-0.4, -0.2) is 38.2 Å². The van der Waals surface area contributed by atoms with Gasteiger partial charge in [0.05, 0.1) is 10.6 Å². The second-order valence-corrected chi connectivity index (χ2v) is 8.78. The number of likely N-dealkylation sites (tertiary alicyclic amines) is 1. The first-order valence-corrected chi connectivity index (χ1v) is 10.3. The smallest absolute Gasteiger partial charge is 0.179 e. The fourth-order valence-electron chi connectivity index (χ4n) is 3.32. The predicted octanol–water partition coefficient (Wildman–Crippen LogP) is 3.82. The summed E-state index contributed by atoms with van der Waals surface area (Å²) in [5.41, 5.74) is 1.14. The molecule has 0 amide bonds. The number of nitrogens with zero attached hydrogens (tertiary/aromatic N) is 1. The van der Waals surface area contributed by atoms with E-state index < -0.39 is 9.84 Å². The van der Waals surface area contributed by atoms with Crippen LogP contribution in [0, 0.1) is 0 Å². The van der Waals surface area contributed by atoms with Gasteiger partial charge in [0.2, 0.25) is 0 Å². The Bertz CT molecular complexity index is 777. The highest BCUT2D eigenvalue weighted by molar-refractivity contribution is 7.91. The number of hydrogen-bond acceptors (Lipinski definition) is 3. The van der Waals surface area contributed by atoms with E-state index in [4.69, 9.17) is 11.6 Å². The van der Waals surface area contributed by atoms with Gasteiger partial charge in [0, 0.05) is 17.6 Å². The lowest BCUT2D eigenvalue weighted by Crippen LogP contribution is -2.35. The van der Waals surface area contributed by atoms with Gasteiger partial charge in [-0.2, -0.15) is 0 Å². The molecule has 1 saturated heterocycles. The molecule has 1 atom stereocenters. The molecule has 1 heterocycles. The fourth-order valence-corrected chi connectivity index (χ4v) is 4.82. The minimum absolute atomic E-state index is 0.163. The third-order valence-electron chi connectivity index (χ3n) is 4.66. The number of rotatable bonds is 6. The quantitative estimate of drug-likeness (QED) is 0.782. The van der Waals surface area contributed by atoms with Crippen molar-refractivity contribution in [3.05, 3.63) is 65.2 Å². The molecule has 3 rings (SSSR count). The van der Waals surface area contributed by atoms with Crippen LogP contribution < -0.4 is 0 Å². The summed E-state index contributed by atoms with van der Waals surface area (Å²) < 4.78 is 24.9. The first-order valence-electron chi connectivity index (χ1n) is 8.31. The molecule has 1 fully saturated rings. The van der Waals surface area contributed by atoms with Crippen molar-refractivity contribution < 1.29 is 8.42 Å². The molecule has 0 N–H and O–H groups in total. The Balaban J connectivity index is 1.63. The largest absolute Gasteiger partial charge is 0.299 e. The molecule has 0 saturated carbocycles. The molecule has 0 aliphatic carbocycles. The van der Waals surface area contributed by atoms with Gasteiger partial charge in [-0.25, -0.2) is 8.42 Å². The molecule has 2 aromatic carbocycles. The van der Waals surface area contributed by atoms with Gasteiger partial charge in [-0.15, -0.1) is 0 Å². The fraction of sp³-hybridized carbons (Fsp3) is 0.368. The van der Waals surface area contributed by atoms with Crippen LogP contribution in [0.5, 0.6) is 0 Å². The molecule has 2 aromatic rings. The molecule has 3 nitrogen and oxygen atoms in total. The Kier molecular flexibility index (Phi) is 5.59. The normalized spacial score (nSPS) is 18.8. The summed E-state index contributed by atoms with van der Waals surface area (Å²) in [7, 11) is -3.22. The number of hydrogen-bond donors (Lipinski definition) is 0. The molecular formula is C19H22ClNO2S. The average Bonchev–Trinajstić information content (AvgIpc) is 3.03. The Hall–Kier alpha value is -1.36. The van der Waals surface area contributed by atoms with Crippen molar-refractivity contribution in [1.82, 2.24) is 4.90 Å². The Morgan fingerprint density at radius 1 is 1.04 bits per heavy atom. The highest BCUT2D eigenvalue weighted by atomic mass is 35.5. The Labute approximate surface area is 149 Å². The monoisotopic (exact) mass is 363 g/mol. The molecular weight excluding hydrogens is 342 g/mol. The first kappa shape index (κ1) is 17.5. The zero-order chi connectivity index (χ0) is 17.0. The predicted molar refractivity (Wildman–Crippen MR) is 98.2 cm³/mol. The SMILES string of the molecule is O=S(=O)(CCN1CCC[C@H]1Cc1ccccc1Cl)c1ccccc1. The lowest BCUT2D eigenvalue weighted by Gasteiger charge is -2.24. The summed E-state index contributed by atoms with van der Waals surface area (Å²) >= 11 is 6.27. The van der Waals surface area contributed by atoms with Crippen LogP contribution in [0.4, 0.5) is 0 Å². The van der Waals surface area contributed by atoms with Gasteiger partial charge in [0.15, 0.2) is 9.84 Å². The molecule has 0 spiro atoms. The minimum Gasteiger partial charge on any atom is -0.299 e. The van der Waals surface area contributed by atoms with Crippen molar-refractivity contribution in [3.8, 4) is 0 Å². The molecule has 0 unspecified atom stereocenters.